The third-order valence-corrected chi connectivity index (χ3v) is 4.94. The summed E-state index contributed by atoms with van der Waals surface area (Å²) in [5, 5.41) is 9.32. The average Bonchev–Trinajstić information content (AvgIpc) is 3.20. The van der Waals surface area contributed by atoms with E-state index in [1.54, 1.807) is 18.3 Å². The van der Waals surface area contributed by atoms with Gasteiger partial charge < -0.3 is 9.14 Å². The van der Waals surface area contributed by atoms with Gasteiger partial charge in [-0.1, -0.05) is 17.7 Å². The number of fused-ring (bicyclic) bond motifs is 1. The molecule has 0 amide bonds. The lowest BCUT2D eigenvalue weighted by atomic mass is 10.2. The molecule has 0 spiro atoms. The second-order valence-corrected chi connectivity index (χ2v) is 7.04. The molecule has 0 saturated heterocycles. The first-order chi connectivity index (χ1) is 12.1. The standard InChI is InChI=1S/C18H13ClN2O3S/c19-17-6-5-16(25-17)15(22)4-7-18(23)24-11-12-10-21-8-2-1-3-14(21)13(12)9-20/h1-3,5-6,8,10H,4,7,11H2. The van der Waals surface area contributed by atoms with Gasteiger partial charge in [0.2, 0.25) is 0 Å². The monoisotopic (exact) mass is 372 g/mol. The molecular weight excluding hydrogens is 360 g/mol. The van der Waals surface area contributed by atoms with Crippen molar-refractivity contribution in [2.45, 2.75) is 19.4 Å². The molecule has 3 rings (SSSR count). The Balaban J connectivity index is 1.58. The summed E-state index contributed by atoms with van der Waals surface area (Å²) in [6.07, 6.45) is 3.65. The molecule has 7 heteroatoms. The molecule has 0 aliphatic rings. The zero-order valence-electron chi connectivity index (χ0n) is 13.1. The van der Waals surface area contributed by atoms with E-state index < -0.39 is 5.97 Å². The van der Waals surface area contributed by atoms with Crippen LogP contribution in [0.15, 0.2) is 42.7 Å². The summed E-state index contributed by atoms with van der Waals surface area (Å²) in [6, 6.07) is 11.0. The fourth-order valence-corrected chi connectivity index (χ4v) is 3.46. The average molecular weight is 373 g/mol. The van der Waals surface area contributed by atoms with E-state index in [0.29, 0.717) is 20.3 Å². The van der Waals surface area contributed by atoms with Gasteiger partial charge in [-0.05, 0) is 24.3 Å². The Labute approximate surface area is 153 Å². The molecule has 0 unspecified atom stereocenters. The number of esters is 1. The van der Waals surface area contributed by atoms with Gasteiger partial charge in [0.1, 0.15) is 12.7 Å². The van der Waals surface area contributed by atoms with Gasteiger partial charge in [-0.25, -0.2) is 0 Å². The van der Waals surface area contributed by atoms with Crippen LogP contribution in [0.1, 0.15) is 33.6 Å². The normalized spacial score (nSPS) is 10.6. The lowest BCUT2D eigenvalue weighted by Crippen LogP contribution is -2.07. The highest BCUT2D eigenvalue weighted by Gasteiger charge is 2.14. The summed E-state index contributed by atoms with van der Waals surface area (Å²) in [5.41, 5.74) is 1.89. The van der Waals surface area contributed by atoms with Crippen molar-refractivity contribution in [3.63, 3.8) is 0 Å². The van der Waals surface area contributed by atoms with Gasteiger partial charge in [0.05, 0.1) is 26.7 Å². The van der Waals surface area contributed by atoms with Gasteiger partial charge in [-0.3, -0.25) is 9.59 Å². The van der Waals surface area contributed by atoms with Crippen molar-refractivity contribution in [2.24, 2.45) is 0 Å². The Morgan fingerprint density at radius 2 is 2.08 bits per heavy atom. The predicted molar refractivity (Wildman–Crippen MR) is 94.8 cm³/mol. The molecule has 3 heterocycles. The van der Waals surface area contributed by atoms with Gasteiger partial charge in [0, 0.05) is 24.4 Å². The van der Waals surface area contributed by atoms with Crippen LogP contribution in [0, 0.1) is 11.3 Å². The highest BCUT2D eigenvalue weighted by Crippen LogP contribution is 2.23. The Bertz CT molecular complexity index is 984. The van der Waals surface area contributed by atoms with Gasteiger partial charge in [0.15, 0.2) is 5.78 Å². The summed E-state index contributed by atoms with van der Waals surface area (Å²) in [4.78, 5) is 24.4. The first-order valence-corrected chi connectivity index (χ1v) is 8.71. The molecule has 0 bridgehead atoms. The van der Waals surface area contributed by atoms with Crippen LogP contribution in [0.4, 0.5) is 0 Å². The van der Waals surface area contributed by atoms with E-state index in [4.69, 9.17) is 16.3 Å². The number of pyridine rings is 1. The highest BCUT2D eigenvalue weighted by molar-refractivity contribution is 7.18. The maximum absolute atomic E-state index is 12.0. The molecule has 0 aliphatic heterocycles. The molecule has 126 valence electrons. The van der Waals surface area contributed by atoms with E-state index in [0.717, 1.165) is 5.52 Å². The highest BCUT2D eigenvalue weighted by atomic mass is 35.5. The topological polar surface area (TPSA) is 71.6 Å². The predicted octanol–water partition coefficient (Wildman–Crippen LogP) is 4.23. The number of aromatic nitrogens is 1. The molecule has 0 saturated carbocycles. The van der Waals surface area contributed by atoms with E-state index in [9.17, 15) is 14.9 Å². The third kappa shape index (κ3) is 3.90. The minimum Gasteiger partial charge on any atom is -0.461 e. The van der Waals surface area contributed by atoms with Crippen LogP contribution < -0.4 is 0 Å². The number of nitrogens with zero attached hydrogens (tertiary/aromatic N) is 2. The molecule has 5 nitrogen and oxygen atoms in total. The smallest absolute Gasteiger partial charge is 0.306 e. The van der Waals surface area contributed by atoms with Gasteiger partial charge in [-0.2, -0.15) is 5.26 Å². The summed E-state index contributed by atoms with van der Waals surface area (Å²) < 4.78 is 7.56. The van der Waals surface area contributed by atoms with E-state index in [1.165, 1.54) is 11.3 Å². The van der Waals surface area contributed by atoms with Crippen molar-refractivity contribution in [3.05, 3.63) is 63.1 Å². The minimum absolute atomic E-state index is 0.00241. The lowest BCUT2D eigenvalue weighted by molar-refractivity contribution is -0.144. The van der Waals surface area contributed by atoms with Crippen molar-refractivity contribution >= 4 is 40.2 Å². The second kappa shape index (κ2) is 7.51. The van der Waals surface area contributed by atoms with E-state index >= 15 is 0 Å². The first-order valence-electron chi connectivity index (χ1n) is 7.51. The molecular formula is C18H13ClN2O3S. The maximum atomic E-state index is 12.0. The van der Waals surface area contributed by atoms with Crippen molar-refractivity contribution in [2.75, 3.05) is 0 Å². The number of carbonyl (C=O) groups is 2. The maximum Gasteiger partial charge on any atom is 0.306 e. The zero-order valence-corrected chi connectivity index (χ0v) is 14.6. The van der Waals surface area contributed by atoms with Crippen LogP contribution in [-0.2, 0) is 16.1 Å². The largest absolute Gasteiger partial charge is 0.461 e. The SMILES string of the molecule is N#Cc1c(COC(=O)CCC(=O)c2ccc(Cl)s2)cn2ccccc12. The molecule has 0 N–H and O–H groups in total. The number of carbonyl (C=O) groups excluding carboxylic acids is 2. The number of hydrogen-bond donors (Lipinski definition) is 0. The van der Waals surface area contributed by atoms with E-state index in [1.807, 2.05) is 28.8 Å². The number of hydrogen-bond acceptors (Lipinski definition) is 5. The van der Waals surface area contributed by atoms with Crippen molar-refractivity contribution in [3.8, 4) is 6.07 Å². The molecule has 0 atom stereocenters. The van der Waals surface area contributed by atoms with Crippen LogP contribution >= 0.6 is 22.9 Å². The molecule has 25 heavy (non-hydrogen) atoms. The lowest BCUT2D eigenvalue weighted by Gasteiger charge is -2.03. The number of ether oxygens (including phenoxy) is 1. The Morgan fingerprint density at radius 1 is 1.24 bits per heavy atom. The van der Waals surface area contributed by atoms with Gasteiger partial charge in [0.25, 0.3) is 0 Å². The van der Waals surface area contributed by atoms with Crippen LogP contribution in [0.3, 0.4) is 0 Å². The molecule has 0 aromatic carbocycles. The number of Topliss-reactive ketones (excluding diaryl/α,β-unsaturated/α-hetero) is 1. The Hall–Kier alpha value is -2.62. The molecule has 0 radical (unpaired) electrons. The number of nitriles is 1. The zero-order chi connectivity index (χ0) is 17.8. The van der Waals surface area contributed by atoms with Crippen LogP contribution in [0.2, 0.25) is 4.34 Å². The first kappa shape index (κ1) is 17.2. The van der Waals surface area contributed by atoms with Gasteiger partial charge >= 0.3 is 5.97 Å². The molecule has 3 aromatic heterocycles. The Morgan fingerprint density at radius 3 is 2.80 bits per heavy atom. The molecule has 0 aliphatic carbocycles. The van der Waals surface area contributed by atoms with E-state index in [2.05, 4.69) is 6.07 Å². The summed E-state index contributed by atoms with van der Waals surface area (Å²) in [7, 11) is 0. The second-order valence-electron chi connectivity index (χ2n) is 5.32. The fourth-order valence-electron chi connectivity index (χ4n) is 2.45. The van der Waals surface area contributed by atoms with Crippen LogP contribution in [0.5, 0.6) is 0 Å². The Kier molecular flexibility index (Phi) is 5.17. The van der Waals surface area contributed by atoms with Gasteiger partial charge in [-0.15, -0.1) is 11.3 Å². The summed E-state index contributed by atoms with van der Waals surface area (Å²) in [6.45, 7) is 0.00241. The number of thiophene rings is 1. The molecule has 3 aromatic rings. The van der Waals surface area contributed by atoms with Crippen LogP contribution in [-0.4, -0.2) is 16.2 Å². The van der Waals surface area contributed by atoms with E-state index in [-0.39, 0.29) is 25.2 Å². The quantitative estimate of drug-likeness (QED) is 0.479. The van der Waals surface area contributed by atoms with Crippen molar-refractivity contribution < 1.29 is 14.3 Å². The summed E-state index contributed by atoms with van der Waals surface area (Å²) in [5.74, 6) is -0.615. The number of ketones is 1. The third-order valence-electron chi connectivity index (χ3n) is 3.67. The van der Waals surface area contributed by atoms with Crippen LogP contribution in [0.25, 0.3) is 5.52 Å². The van der Waals surface area contributed by atoms with Crippen molar-refractivity contribution in [1.29, 1.82) is 5.26 Å². The van der Waals surface area contributed by atoms with Crippen molar-refractivity contribution in [1.82, 2.24) is 4.40 Å². The fraction of sp³-hybridized carbons (Fsp3) is 0.167. The number of rotatable bonds is 6. The molecule has 0 fully saturated rings. The minimum atomic E-state index is -0.477. The number of halogens is 1. The summed E-state index contributed by atoms with van der Waals surface area (Å²) >= 11 is 6.98.